The van der Waals surface area contributed by atoms with Crippen molar-refractivity contribution in [3.8, 4) is 11.4 Å². The summed E-state index contributed by atoms with van der Waals surface area (Å²) in [5.41, 5.74) is 9.07. The predicted molar refractivity (Wildman–Crippen MR) is 112 cm³/mol. The van der Waals surface area contributed by atoms with Crippen LogP contribution >= 0.6 is 0 Å². The molecule has 0 amide bonds. The highest BCUT2D eigenvalue weighted by Gasteiger charge is 2.31. The molecule has 2 aromatic carbocycles. The van der Waals surface area contributed by atoms with Crippen LogP contribution in [0.25, 0.3) is 16.7 Å². The number of ketones is 1. The number of aromatic nitrogens is 3. The van der Waals surface area contributed by atoms with E-state index < -0.39 is 11.6 Å². The Labute approximate surface area is 176 Å². The van der Waals surface area contributed by atoms with Gasteiger partial charge in [0.1, 0.15) is 17.4 Å². The average molecular weight is 420 g/mol. The lowest BCUT2D eigenvalue weighted by molar-refractivity contribution is 0.0964. The summed E-state index contributed by atoms with van der Waals surface area (Å²) in [6.07, 6.45) is 2.26. The van der Waals surface area contributed by atoms with E-state index in [2.05, 4.69) is 10.1 Å². The summed E-state index contributed by atoms with van der Waals surface area (Å²) in [5, 5.41) is 4.69. The molecule has 156 valence electrons. The zero-order chi connectivity index (χ0) is 21.7. The zero-order valence-electron chi connectivity index (χ0n) is 16.6. The Bertz CT molecular complexity index is 1330. The second-order valence-electron chi connectivity index (χ2n) is 7.57. The molecule has 1 unspecified atom stereocenters. The SMILES string of the molecule is COc1cccc(C2CC(=O)c3c(nc4c(cnn4-c4cc(F)cc(F)c4)c3N)C2)c1. The highest BCUT2D eigenvalue weighted by atomic mass is 19.1. The average Bonchev–Trinajstić information content (AvgIpc) is 3.17. The maximum absolute atomic E-state index is 13.7. The van der Waals surface area contributed by atoms with E-state index in [9.17, 15) is 13.6 Å². The number of fused-ring (bicyclic) bond motifs is 2. The van der Waals surface area contributed by atoms with E-state index in [0.29, 0.717) is 40.9 Å². The summed E-state index contributed by atoms with van der Waals surface area (Å²) >= 11 is 0. The van der Waals surface area contributed by atoms with Gasteiger partial charge in [-0.25, -0.2) is 18.4 Å². The molecule has 2 heterocycles. The Morgan fingerprint density at radius 2 is 1.90 bits per heavy atom. The van der Waals surface area contributed by atoms with Gasteiger partial charge in [-0.3, -0.25) is 4.79 Å². The summed E-state index contributed by atoms with van der Waals surface area (Å²) < 4.78 is 34.1. The fourth-order valence-corrected chi connectivity index (χ4v) is 4.19. The Hall–Kier alpha value is -3.81. The van der Waals surface area contributed by atoms with Crippen LogP contribution in [-0.2, 0) is 6.42 Å². The van der Waals surface area contributed by atoms with Gasteiger partial charge < -0.3 is 10.5 Å². The first-order valence-corrected chi connectivity index (χ1v) is 9.74. The Kier molecular flexibility index (Phi) is 4.43. The quantitative estimate of drug-likeness (QED) is 0.537. The molecule has 2 aromatic heterocycles. The molecular weight excluding hydrogens is 402 g/mol. The van der Waals surface area contributed by atoms with Crippen molar-refractivity contribution in [3.63, 3.8) is 0 Å². The zero-order valence-corrected chi connectivity index (χ0v) is 16.6. The molecule has 1 aliphatic rings. The third kappa shape index (κ3) is 3.20. The maximum Gasteiger partial charge on any atom is 0.167 e. The summed E-state index contributed by atoms with van der Waals surface area (Å²) in [5.74, 6) is -0.909. The van der Waals surface area contributed by atoms with E-state index in [-0.39, 0.29) is 23.1 Å². The molecule has 0 bridgehead atoms. The lowest BCUT2D eigenvalue weighted by atomic mass is 9.81. The molecule has 0 fully saturated rings. The van der Waals surface area contributed by atoms with Crippen LogP contribution in [0, 0.1) is 11.6 Å². The molecule has 1 aliphatic carbocycles. The van der Waals surface area contributed by atoms with Gasteiger partial charge in [0.2, 0.25) is 0 Å². The van der Waals surface area contributed by atoms with Crippen LogP contribution in [0.3, 0.4) is 0 Å². The molecule has 0 spiro atoms. The first-order valence-electron chi connectivity index (χ1n) is 9.74. The summed E-state index contributed by atoms with van der Waals surface area (Å²) in [4.78, 5) is 17.6. The number of pyridine rings is 1. The van der Waals surface area contributed by atoms with Crippen LogP contribution in [-0.4, -0.2) is 27.7 Å². The highest BCUT2D eigenvalue weighted by molar-refractivity contribution is 6.09. The summed E-state index contributed by atoms with van der Waals surface area (Å²) in [6, 6.07) is 10.7. The van der Waals surface area contributed by atoms with Gasteiger partial charge in [0, 0.05) is 12.5 Å². The molecule has 6 nitrogen and oxygen atoms in total. The van der Waals surface area contributed by atoms with Crippen molar-refractivity contribution < 1.29 is 18.3 Å². The van der Waals surface area contributed by atoms with Gasteiger partial charge in [0.25, 0.3) is 0 Å². The molecule has 8 heteroatoms. The molecule has 31 heavy (non-hydrogen) atoms. The number of ether oxygens (including phenoxy) is 1. The second-order valence-corrected chi connectivity index (χ2v) is 7.57. The van der Waals surface area contributed by atoms with Crippen LogP contribution in [0.15, 0.2) is 48.7 Å². The lowest BCUT2D eigenvalue weighted by Crippen LogP contribution is -2.22. The minimum absolute atomic E-state index is 0.0811. The number of nitrogen functional groups attached to an aromatic ring is 1. The predicted octanol–water partition coefficient (Wildman–Crippen LogP) is 4.20. The van der Waals surface area contributed by atoms with Crippen LogP contribution in [0.4, 0.5) is 14.5 Å². The minimum Gasteiger partial charge on any atom is -0.497 e. The van der Waals surface area contributed by atoms with Crippen molar-refractivity contribution in [2.75, 3.05) is 12.8 Å². The first-order chi connectivity index (χ1) is 14.9. The second kappa shape index (κ2) is 7.16. The number of halogens is 2. The van der Waals surface area contributed by atoms with Crippen molar-refractivity contribution in [2.24, 2.45) is 0 Å². The van der Waals surface area contributed by atoms with Crippen molar-refractivity contribution in [2.45, 2.75) is 18.8 Å². The van der Waals surface area contributed by atoms with E-state index >= 15 is 0 Å². The van der Waals surface area contributed by atoms with E-state index in [4.69, 9.17) is 10.5 Å². The summed E-state index contributed by atoms with van der Waals surface area (Å²) in [6.45, 7) is 0. The third-order valence-corrected chi connectivity index (χ3v) is 5.64. The molecule has 5 rings (SSSR count). The van der Waals surface area contributed by atoms with Crippen LogP contribution in [0.5, 0.6) is 5.75 Å². The van der Waals surface area contributed by atoms with Gasteiger partial charge >= 0.3 is 0 Å². The van der Waals surface area contributed by atoms with E-state index in [1.165, 1.54) is 10.9 Å². The van der Waals surface area contributed by atoms with Gasteiger partial charge in [-0.2, -0.15) is 5.10 Å². The fourth-order valence-electron chi connectivity index (χ4n) is 4.19. The van der Waals surface area contributed by atoms with Gasteiger partial charge in [-0.05, 0) is 42.2 Å². The molecule has 0 saturated carbocycles. The topological polar surface area (TPSA) is 83.0 Å². The highest BCUT2D eigenvalue weighted by Crippen LogP contribution is 2.38. The number of benzene rings is 2. The number of rotatable bonds is 3. The standard InChI is InChI=1S/C23H18F2N4O2/c1-31-17-4-2-3-12(5-17)13-6-19-21(20(30)7-13)22(26)18-11-27-29(23(18)28-19)16-9-14(24)8-15(25)10-16/h2-5,8-11,13H,6-7H2,1H3,(H2,26,28). The minimum atomic E-state index is -0.724. The number of carbonyl (C=O) groups excluding carboxylic acids is 1. The number of Topliss-reactive ketones (excluding diaryl/α,β-unsaturated/α-hetero) is 1. The lowest BCUT2D eigenvalue weighted by Gasteiger charge is -2.25. The molecule has 0 radical (unpaired) electrons. The molecule has 2 N–H and O–H groups in total. The number of carbonyl (C=O) groups is 1. The first kappa shape index (κ1) is 19.2. The molecule has 4 aromatic rings. The van der Waals surface area contributed by atoms with Crippen molar-refractivity contribution in [1.29, 1.82) is 0 Å². The van der Waals surface area contributed by atoms with E-state index in [1.807, 2.05) is 24.3 Å². The molecule has 0 saturated heterocycles. The van der Waals surface area contributed by atoms with E-state index in [0.717, 1.165) is 23.8 Å². The number of methoxy groups -OCH3 is 1. The largest absolute Gasteiger partial charge is 0.497 e. The number of hydrogen-bond donors (Lipinski definition) is 1. The smallest absolute Gasteiger partial charge is 0.167 e. The number of nitrogens with two attached hydrogens (primary N) is 1. The van der Waals surface area contributed by atoms with E-state index in [1.54, 1.807) is 7.11 Å². The van der Waals surface area contributed by atoms with Gasteiger partial charge in [-0.1, -0.05) is 12.1 Å². The van der Waals surface area contributed by atoms with Crippen LogP contribution in [0.2, 0.25) is 0 Å². The number of anilines is 1. The Balaban J connectivity index is 1.64. The van der Waals surface area contributed by atoms with Gasteiger partial charge in [-0.15, -0.1) is 0 Å². The van der Waals surface area contributed by atoms with Gasteiger partial charge in [0.15, 0.2) is 11.4 Å². The van der Waals surface area contributed by atoms with Crippen molar-refractivity contribution >= 4 is 22.5 Å². The normalized spacial score (nSPS) is 15.8. The van der Waals surface area contributed by atoms with Crippen LogP contribution < -0.4 is 10.5 Å². The van der Waals surface area contributed by atoms with Crippen molar-refractivity contribution in [3.05, 3.63) is 77.1 Å². The van der Waals surface area contributed by atoms with Gasteiger partial charge in [0.05, 0.1) is 41.3 Å². The van der Waals surface area contributed by atoms with Crippen molar-refractivity contribution in [1.82, 2.24) is 14.8 Å². The third-order valence-electron chi connectivity index (χ3n) is 5.64. The Morgan fingerprint density at radius 3 is 2.65 bits per heavy atom. The monoisotopic (exact) mass is 420 g/mol. The fraction of sp³-hybridized carbons (Fsp3) is 0.174. The maximum atomic E-state index is 13.7. The molecule has 0 aliphatic heterocycles. The summed E-state index contributed by atoms with van der Waals surface area (Å²) in [7, 11) is 1.59. The Morgan fingerprint density at radius 1 is 1.13 bits per heavy atom. The number of hydrogen-bond acceptors (Lipinski definition) is 5. The van der Waals surface area contributed by atoms with Crippen LogP contribution in [0.1, 0.15) is 34.0 Å². The number of nitrogens with zero attached hydrogens (tertiary/aromatic N) is 3. The molecular formula is C23H18F2N4O2. The molecule has 1 atom stereocenters.